The van der Waals surface area contributed by atoms with Crippen molar-refractivity contribution in [2.45, 2.75) is 25.2 Å². The third-order valence-corrected chi connectivity index (χ3v) is 5.64. The number of benzene rings is 3. The fraction of sp³-hybridized carbons (Fsp3) is 0.200. The number of nitrogens with one attached hydrogen (secondary N) is 1. The number of hydrogen-bond donors (Lipinski definition) is 1. The second-order valence-electron chi connectivity index (χ2n) is 8.16. The van der Waals surface area contributed by atoms with Crippen LogP contribution in [0.25, 0.3) is 0 Å². The molecule has 0 atom stereocenters. The number of nitrogens with zero attached hydrogens (tertiary/aromatic N) is 1. The maximum atomic E-state index is 13.2. The zero-order valence-electron chi connectivity index (χ0n) is 18.3. The third-order valence-electron chi connectivity index (χ3n) is 5.64. The minimum absolute atomic E-state index is 0.00389. The van der Waals surface area contributed by atoms with Crippen molar-refractivity contribution >= 4 is 23.2 Å². The molecule has 1 aliphatic rings. The van der Waals surface area contributed by atoms with Crippen LogP contribution in [0.1, 0.15) is 43.8 Å². The lowest BCUT2D eigenvalue weighted by Crippen LogP contribution is -2.35. The van der Waals surface area contributed by atoms with E-state index in [1.807, 2.05) is 0 Å². The molecular weight excluding hydrogens is 493 g/mol. The van der Waals surface area contributed by atoms with Crippen LogP contribution >= 0.6 is 0 Å². The molecule has 0 radical (unpaired) electrons. The molecule has 2 amide bonds. The number of hydrogen-bond acceptors (Lipinski definition) is 2. The Kier molecular flexibility index (Phi) is 6.50. The maximum Gasteiger partial charge on any atom is 0.416 e. The lowest BCUT2D eigenvalue weighted by atomic mass is 9.98. The highest BCUT2D eigenvalue weighted by atomic mass is 19.4. The first-order valence-electron chi connectivity index (χ1n) is 10.6. The highest BCUT2D eigenvalue weighted by Crippen LogP contribution is 2.38. The monoisotopic (exact) mass is 510 g/mol. The van der Waals surface area contributed by atoms with E-state index in [1.165, 1.54) is 35.2 Å². The van der Waals surface area contributed by atoms with Crippen LogP contribution in [-0.4, -0.2) is 18.4 Å². The molecule has 0 saturated carbocycles. The Morgan fingerprint density at radius 2 is 1.36 bits per heavy atom. The molecule has 0 unspecified atom stereocenters. The van der Waals surface area contributed by atoms with Gasteiger partial charge in [0.2, 0.25) is 0 Å². The van der Waals surface area contributed by atoms with Gasteiger partial charge in [-0.05, 0) is 79.1 Å². The van der Waals surface area contributed by atoms with Gasteiger partial charge in [0.05, 0.1) is 11.1 Å². The van der Waals surface area contributed by atoms with Gasteiger partial charge < -0.3 is 10.2 Å². The Bertz CT molecular complexity index is 1280. The van der Waals surface area contributed by atoms with Crippen LogP contribution < -0.4 is 10.2 Å². The zero-order chi connectivity index (χ0) is 26.3. The van der Waals surface area contributed by atoms with Crippen LogP contribution in [-0.2, 0) is 18.8 Å². The quantitative estimate of drug-likeness (QED) is 0.399. The molecule has 0 aromatic heterocycles. The highest BCUT2D eigenvalue weighted by Gasteiger charge is 2.37. The first kappa shape index (κ1) is 25.2. The van der Waals surface area contributed by atoms with Crippen molar-refractivity contribution in [2.75, 3.05) is 16.8 Å². The van der Waals surface area contributed by atoms with Gasteiger partial charge in [-0.25, -0.2) is 4.39 Å². The van der Waals surface area contributed by atoms with Gasteiger partial charge in [-0.3, -0.25) is 9.59 Å². The van der Waals surface area contributed by atoms with Crippen LogP contribution in [0.5, 0.6) is 0 Å². The Labute approximate surface area is 200 Å². The average molecular weight is 510 g/mol. The molecule has 3 aromatic rings. The molecule has 1 N–H and O–H groups in total. The second-order valence-corrected chi connectivity index (χ2v) is 8.16. The van der Waals surface area contributed by atoms with Gasteiger partial charge in [0.1, 0.15) is 5.82 Å². The summed E-state index contributed by atoms with van der Waals surface area (Å²) in [6.07, 6.45) is -9.06. The van der Waals surface area contributed by atoms with Crippen LogP contribution in [0.2, 0.25) is 0 Å². The number of halogens is 7. The molecule has 1 heterocycles. The summed E-state index contributed by atoms with van der Waals surface area (Å²) < 4.78 is 91.8. The van der Waals surface area contributed by atoms with Crippen molar-refractivity contribution in [3.63, 3.8) is 0 Å². The summed E-state index contributed by atoms with van der Waals surface area (Å²) >= 11 is 0. The number of carbonyl (C=O) groups is 2. The van der Waals surface area contributed by atoms with E-state index < -0.39 is 40.9 Å². The fourth-order valence-electron chi connectivity index (χ4n) is 3.93. The molecule has 4 nitrogen and oxygen atoms in total. The van der Waals surface area contributed by atoms with E-state index >= 15 is 0 Å². The van der Waals surface area contributed by atoms with Gasteiger partial charge in [0, 0.05) is 29.0 Å². The average Bonchev–Trinajstić information content (AvgIpc) is 2.82. The van der Waals surface area contributed by atoms with E-state index in [0.29, 0.717) is 42.8 Å². The number of fused-ring (bicyclic) bond motifs is 1. The Balaban J connectivity index is 1.60. The second kappa shape index (κ2) is 9.29. The smallest absolute Gasteiger partial charge is 0.322 e. The SMILES string of the molecule is O=C(Nc1cc(C(F)(F)F)cc(C(F)(F)F)c1)c1ccc2c(c1)CCCN2C(=O)c1ccc(F)cc1. The zero-order valence-corrected chi connectivity index (χ0v) is 18.3. The van der Waals surface area contributed by atoms with Crippen molar-refractivity contribution in [1.29, 1.82) is 0 Å². The van der Waals surface area contributed by atoms with Crippen molar-refractivity contribution in [2.24, 2.45) is 0 Å². The summed E-state index contributed by atoms with van der Waals surface area (Å²) in [6.45, 7) is 0.374. The summed E-state index contributed by atoms with van der Waals surface area (Å²) in [6, 6.07) is 10.1. The van der Waals surface area contributed by atoms with Crippen LogP contribution in [0.15, 0.2) is 60.7 Å². The standard InChI is InChI=1S/C25H17F7N2O2/c26-19-6-3-14(4-7-19)23(36)34-9-1-2-15-10-16(5-8-21(15)34)22(35)33-20-12-17(24(27,28)29)11-18(13-20)25(30,31)32/h3-8,10-13H,1-2,9H2,(H,33,35). The Morgan fingerprint density at radius 3 is 1.94 bits per heavy atom. The number of aryl methyl sites for hydroxylation is 1. The summed E-state index contributed by atoms with van der Waals surface area (Å²) in [7, 11) is 0. The van der Waals surface area contributed by atoms with Gasteiger partial charge in [0.25, 0.3) is 11.8 Å². The van der Waals surface area contributed by atoms with Crippen LogP contribution in [0.3, 0.4) is 0 Å². The number of carbonyl (C=O) groups excluding carboxylic acids is 2. The molecule has 0 spiro atoms. The molecule has 36 heavy (non-hydrogen) atoms. The molecule has 188 valence electrons. The first-order chi connectivity index (χ1) is 16.8. The molecule has 11 heteroatoms. The number of anilines is 2. The summed E-state index contributed by atoms with van der Waals surface area (Å²) in [5, 5.41) is 2.10. The lowest BCUT2D eigenvalue weighted by Gasteiger charge is -2.30. The van der Waals surface area contributed by atoms with E-state index in [4.69, 9.17) is 0 Å². The highest BCUT2D eigenvalue weighted by molar-refractivity contribution is 6.08. The normalized spacial score (nSPS) is 13.8. The maximum absolute atomic E-state index is 13.2. The van der Waals surface area contributed by atoms with Gasteiger partial charge in [-0.2, -0.15) is 26.3 Å². The van der Waals surface area contributed by atoms with Crippen molar-refractivity contribution in [3.05, 3.63) is 94.3 Å². The van der Waals surface area contributed by atoms with Crippen molar-refractivity contribution in [3.8, 4) is 0 Å². The van der Waals surface area contributed by atoms with E-state index in [9.17, 15) is 40.3 Å². The Hall–Kier alpha value is -3.89. The molecule has 3 aromatic carbocycles. The van der Waals surface area contributed by atoms with E-state index in [1.54, 1.807) is 0 Å². The van der Waals surface area contributed by atoms with E-state index in [-0.39, 0.29) is 23.1 Å². The number of alkyl halides is 6. The lowest BCUT2D eigenvalue weighted by molar-refractivity contribution is -0.143. The summed E-state index contributed by atoms with van der Waals surface area (Å²) in [4.78, 5) is 27.1. The predicted octanol–water partition coefficient (Wildman–Crippen LogP) is 6.71. The largest absolute Gasteiger partial charge is 0.416 e. The molecule has 0 aliphatic carbocycles. The van der Waals surface area contributed by atoms with E-state index in [2.05, 4.69) is 5.32 Å². The topological polar surface area (TPSA) is 49.4 Å². The summed E-state index contributed by atoms with van der Waals surface area (Å²) in [5.74, 6) is -1.78. The van der Waals surface area contributed by atoms with Gasteiger partial charge in [-0.15, -0.1) is 0 Å². The van der Waals surface area contributed by atoms with E-state index in [0.717, 1.165) is 12.1 Å². The predicted molar refractivity (Wildman–Crippen MR) is 117 cm³/mol. The molecule has 0 bridgehead atoms. The fourth-order valence-corrected chi connectivity index (χ4v) is 3.93. The Morgan fingerprint density at radius 1 is 0.778 bits per heavy atom. The molecule has 0 fully saturated rings. The molecule has 1 aliphatic heterocycles. The minimum atomic E-state index is -5.05. The number of rotatable bonds is 3. The van der Waals surface area contributed by atoms with Crippen LogP contribution in [0.4, 0.5) is 42.1 Å². The summed E-state index contributed by atoms with van der Waals surface area (Å²) in [5.41, 5.74) is -2.39. The minimum Gasteiger partial charge on any atom is -0.322 e. The van der Waals surface area contributed by atoms with Crippen LogP contribution in [0, 0.1) is 5.82 Å². The molecular formula is C25H17F7N2O2. The number of amides is 2. The third kappa shape index (κ3) is 5.34. The first-order valence-corrected chi connectivity index (χ1v) is 10.6. The molecule has 4 rings (SSSR count). The van der Waals surface area contributed by atoms with Gasteiger partial charge >= 0.3 is 12.4 Å². The van der Waals surface area contributed by atoms with Gasteiger partial charge in [0.15, 0.2) is 0 Å². The van der Waals surface area contributed by atoms with Crippen molar-refractivity contribution in [1.82, 2.24) is 0 Å². The van der Waals surface area contributed by atoms with Crippen molar-refractivity contribution < 1.29 is 40.3 Å². The molecule has 0 saturated heterocycles. The van der Waals surface area contributed by atoms with Gasteiger partial charge in [-0.1, -0.05) is 0 Å².